The van der Waals surface area contributed by atoms with E-state index in [1.165, 1.54) is 12.8 Å². The molecule has 2 heterocycles. The van der Waals surface area contributed by atoms with E-state index in [-0.39, 0.29) is 11.9 Å². The Bertz CT molecular complexity index is 507. The number of hydrogen-bond acceptors (Lipinski definition) is 4. The topological polar surface area (TPSA) is 47.6 Å². The predicted molar refractivity (Wildman–Crippen MR) is 96.9 cm³/mol. The Morgan fingerprint density at radius 2 is 2.00 bits per heavy atom. The molecule has 0 radical (unpaired) electrons. The maximum Gasteiger partial charge on any atom is 0.241 e. The molecule has 2 saturated heterocycles. The molecule has 0 aromatic heterocycles. The summed E-state index contributed by atoms with van der Waals surface area (Å²) >= 11 is 0. The van der Waals surface area contributed by atoms with Crippen molar-refractivity contribution in [2.45, 2.75) is 18.9 Å². The number of nitrogens with one attached hydrogen (secondary N) is 2. The van der Waals surface area contributed by atoms with Crippen LogP contribution in [0.25, 0.3) is 0 Å². The summed E-state index contributed by atoms with van der Waals surface area (Å²) in [5.74, 6) is 0.711. The van der Waals surface area contributed by atoms with E-state index in [0.717, 1.165) is 51.4 Å². The fourth-order valence-electron chi connectivity index (χ4n) is 3.68. The average molecular weight is 330 g/mol. The van der Waals surface area contributed by atoms with Crippen LogP contribution in [0.5, 0.6) is 0 Å². The Morgan fingerprint density at radius 1 is 1.25 bits per heavy atom. The molecule has 5 nitrogen and oxygen atoms in total. The molecule has 0 saturated carbocycles. The van der Waals surface area contributed by atoms with E-state index in [1.54, 1.807) is 0 Å². The second-order valence-corrected chi connectivity index (χ2v) is 7.11. The minimum Gasteiger partial charge on any atom is -0.354 e. The van der Waals surface area contributed by atoms with E-state index in [0.29, 0.717) is 5.92 Å². The maximum absolute atomic E-state index is 13.0. The summed E-state index contributed by atoms with van der Waals surface area (Å²) in [7, 11) is 2.14. The first-order valence-corrected chi connectivity index (χ1v) is 9.20. The van der Waals surface area contributed by atoms with Gasteiger partial charge < -0.3 is 15.5 Å². The van der Waals surface area contributed by atoms with Gasteiger partial charge >= 0.3 is 0 Å². The standard InChI is InChI=1S/C19H30N4O/c1-22-10-12-23(13-11-22)18(17-7-3-2-4-8-17)19(24)21-15-16-6-5-9-20-14-16/h2-4,7-8,16,18,20H,5-6,9-15H2,1H3,(H,21,24). The lowest BCUT2D eigenvalue weighted by Crippen LogP contribution is -2.50. The highest BCUT2D eigenvalue weighted by Crippen LogP contribution is 2.22. The zero-order valence-corrected chi connectivity index (χ0v) is 14.7. The van der Waals surface area contributed by atoms with Gasteiger partial charge in [0.15, 0.2) is 0 Å². The largest absolute Gasteiger partial charge is 0.354 e. The van der Waals surface area contributed by atoms with Crippen LogP contribution >= 0.6 is 0 Å². The lowest BCUT2D eigenvalue weighted by molar-refractivity contribution is -0.127. The molecular weight excluding hydrogens is 300 g/mol. The van der Waals surface area contributed by atoms with E-state index in [2.05, 4.69) is 39.6 Å². The van der Waals surface area contributed by atoms with Gasteiger partial charge in [-0.25, -0.2) is 0 Å². The smallest absolute Gasteiger partial charge is 0.241 e. The normalized spacial score (nSPS) is 24.5. The van der Waals surface area contributed by atoms with Crippen molar-refractivity contribution in [3.8, 4) is 0 Å². The lowest BCUT2D eigenvalue weighted by Gasteiger charge is -2.37. The molecule has 3 rings (SSSR count). The van der Waals surface area contributed by atoms with Crippen LogP contribution in [0.4, 0.5) is 0 Å². The molecule has 2 atom stereocenters. The zero-order chi connectivity index (χ0) is 16.8. The van der Waals surface area contributed by atoms with Gasteiger partial charge in [0.1, 0.15) is 6.04 Å². The fraction of sp³-hybridized carbons (Fsp3) is 0.632. The Labute approximate surface area is 145 Å². The van der Waals surface area contributed by atoms with Crippen molar-refractivity contribution < 1.29 is 4.79 Å². The summed E-state index contributed by atoms with van der Waals surface area (Å²) in [5.41, 5.74) is 1.10. The first-order valence-electron chi connectivity index (χ1n) is 9.20. The third-order valence-electron chi connectivity index (χ3n) is 5.23. The molecule has 1 amide bonds. The third kappa shape index (κ3) is 4.56. The first-order chi connectivity index (χ1) is 11.7. The van der Waals surface area contributed by atoms with Crippen LogP contribution in [-0.2, 0) is 4.79 Å². The maximum atomic E-state index is 13.0. The van der Waals surface area contributed by atoms with Gasteiger partial charge in [-0.05, 0) is 44.5 Å². The van der Waals surface area contributed by atoms with E-state index in [4.69, 9.17) is 0 Å². The van der Waals surface area contributed by atoms with Crippen molar-refractivity contribution >= 4 is 5.91 Å². The highest BCUT2D eigenvalue weighted by molar-refractivity contribution is 5.83. The van der Waals surface area contributed by atoms with E-state index < -0.39 is 0 Å². The third-order valence-corrected chi connectivity index (χ3v) is 5.23. The summed E-state index contributed by atoms with van der Waals surface area (Å²) in [6.45, 7) is 6.82. The molecule has 2 fully saturated rings. The van der Waals surface area contributed by atoms with Crippen LogP contribution < -0.4 is 10.6 Å². The number of carbonyl (C=O) groups excluding carboxylic acids is 1. The van der Waals surface area contributed by atoms with Gasteiger partial charge in [-0.2, -0.15) is 0 Å². The van der Waals surface area contributed by atoms with Crippen LogP contribution in [0.1, 0.15) is 24.4 Å². The van der Waals surface area contributed by atoms with E-state index >= 15 is 0 Å². The molecule has 2 unspecified atom stereocenters. The number of likely N-dealkylation sites (N-methyl/N-ethyl adjacent to an activating group) is 1. The molecule has 0 spiro atoms. The number of rotatable bonds is 5. The minimum absolute atomic E-state index is 0.149. The highest BCUT2D eigenvalue weighted by atomic mass is 16.2. The quantitative estimate of drug-likeness (QED) is 0.849. The highest BCUT2D eigenvalue weighted by Gasteiger charge is 2.30. The summed E-state index contributed by atoms with van der Waals surface area (Å²) < 4.78 is 0. The summed E-state index contributed by atoms with van der Waals surface area (Å²) in [6, 6.07) is 10.0. The van der Waals surface area contributed by atoms with Crippen molar-refractivity contribution in [3.63, 3.8) is 0 Å². The van der Waals surface area contributed by atoms with Crippen LogP contribution in [0.3, 0.4) is 0 Å². The van der Waals surface area contributed by atoms with Gasteiger partial charge in [0.2, 0.25) is 5.91 Å². The Morgan fingerprint density at radius 3 is 2.67 bits per heavy atom. The minimum atomic E-state index is -0.170. The SMILES string of the molecule is CN1CCN(C(C(=O)NCC2CCCNC2)c2ccccc2)CC1. The van der Waals surface area contributed by atoms with Gasteiger partial charge in [0.25, 0.3) is 0 Å². The van der Waals surface area contributed by atoms with Crippen LogP contribution in [0.15, 0.2) is 30.3 Å². The molecule has 132 valence electrons. The number of benzene rings is 1. The second-order valence-electron chi connectivity index (χ2n) is 7.11. The molecule has 0 aliphatic carbocycles. The van der Waals surface area contributed by atoms with Gasteiger partial charge in [-0.15, -0.1) is 0 Å². The average Bonchev–Trinajstić information content (AvgIpc) is 2.64. The molecule has 24 heavy (non-hydrogen) atoms. The van der Waals surface area contributed by atoms with Crippen LogP contribution in [0.2, 0.25) is 0 Å². The zero-order valence-electron chi connectivity index (χ0n) is 14.7. The monoisotopic (exact) mass is 330 g/mol. The number of piperazine rings is 1. The predicted octanol–water partition coefficient (Wildman–Crippen LogP) is 1.09. The first kappa shape index (κ1) is 17.4. The molecule has 2 N–H and O–H groups in total. The number of carbonyl (C=O) groups is 1. The number of piperidine rings is 1. The number of amides is 1. The summed E-state index contributed by atoms with van der Waals surface area (Å²) in [6.07, 6.45) is 2.42. The summed E-state index contributed by atoms with van der Waals surface area (Å²) in [4.78, 5) is 17.6. The van der Waals surface area contributed by atoms with Gasteiger partial charge in [-0.1, -0.05) is 30.3 Å². The second kappa shape index (κ2) is 8.60. The Balaban J connectivity index is 1.65. The van der Waals surface area contributed by atoms with Crippen molar-refractivity contribution in [1.29, 1.82) is 0 Å². The van der Waals surface area contributed by atoms with Crippen molar-refractivity contribution in [2.24, 2.45) is 5.92 Å². The van der Waals surface area contributed by atoms with E-state index in [9.17, 15) is 4.79 Å². The van der Waals surface area contributed by atoms with Gasteiger partial charge in [0, 0.05) is 32.7 Å². The number of hydrogen-bond donors (Lipinski definition) is 2. The molecule has 1 aromatic rings. The van der Waals surface area contributed by atoms with Crippen LogP contribution in [0, 0.1) is 5.92 Å². The fourth-order valence-corrected chi connectivity index (χ4v) is 3.68. The van der Waals surface area contributed by atoms with Gasteiger partial charge in [-0.3, -0.25) is 9.69 Å². The number of nitrogens with zero attached hydrogens (tertiary/aromatic N) is 2. The van der Waals surface area contributed by atoms with Crippen molar-refractivity contribution in [2.75, 3.05) is 52.9 Å². The molecule has 1 aromatic carbocycles. The Kier molecular flexibility index (Phi) is 6.24. The molecule has 0 bridgehead atoms. The molecule has 2 aliphatic rings. The van der Waals surface area contributed by atoms with Crippen LogP contribution in [-0.4, -0.2) is 68.6 Å². The van der Waals surface area contributed by atoms with E-state index in [1.807, 2.05) is 18.2 Å². The molecular formula is C19H30N4O. The molecule has 2 aliphatic heterocycles. The van der Waals surface area contributed by atoms with Gasteiger partial charge in [0.05, 0.1) is 0 Å². The lowest BCUT2D eigenvalue weighted by atomic mass is 9.99. The van der Waals surface area contributed by atoms with Crippen molar-refractivity contribution in [3.05, 3.63) is 35.9 Å². The summed E-state index contributed by atoms with van der Waals surface area (Å²) in [5, 5.41) is 6.65. The Hall–Kier alpha value is -1.43. The van der Waals surface area contributed by atoms with Crippen molar-refractivity contribution in [1.82, 2.24) is 20.4 Å². The molecule has 5 heteroatoms.